The molecule has 1 aliphatic heterocycles. The maximum Gasteiger partial charge on any atom is 0.323 e. The number of thiazole rings is 1. The molecule has 2 amide bonds. The molecule has 1 aromatic heterocycles. The van der Waals surface area contributed by atoms with Crippen molar-refractivity contribution in [3.8, 4) is 0 Å². The van der Waals surface area contributed by atoms with Crippen LogP contribution in [0.1, 0.15) is 26.2 Å². The van der Waals surface area contributed by atoms with Crippen LogP contribution in [0.2, 0.25) is 0 Å². The molecule has 1 N–H and O–H groups in total. The number of anilines is 1. The van der Waals surface area contributed by atoms with E-state index in [9.17, 15) is 4.79 Å². The molecule has 0 bridgehead atoms. The van der Waals surface area contributed by atoms with Crippen molar-refractivity contribution < 1.29 is 4.79 Å². The number of benzene rings is 1. The van der Waals surface area contributed by atoms with Crippen LogP contribution < -0.4 is 5.32 Å². The summed E-state index contributed by atoms with van der Waals surface area (Å²) in [7, 11) is 0. The van der Waals surface area contributed by atoms with Crippen molar-refractivity contribution in [1.29, 1.82) is 0 Å². The highest BCUT2D eigenvalue weighted by Gasteiger charge is 2.23. The molecule has 0 aliphatic carbocycles. The Bertz CT molecular complexity index is 562. The van der Waals surface area contributed by atoms with Gasteiger partial charge in [-0.25, -0.2) is 9.78 Å². The Balaban J connectivity index is 1.75. The van der Waals surface area contributed by atoms with Crippen molar-refractivity contribution in [2.75, 3.05) is 11.9 Å². The number of urea groups is 1. The average molecular weight is 275 g/mol. The number of amides is 2. The predicted octanol–water partition coefficient (Wildman–Crippen LogP) is 3.70. The molecule has 100 valence electrons. The molecule has 3 rings (SSSR count). The third kappa shape index (κ3) is 2.56. The van der Waals surface area contributed by atoms with E-state index in [0.717, 1.165) is 29.6 Å². The van der Waals surface area contributed by atoms with Gasteiger partial charge in [0.15, 0.2) is 5.13 Å². The first-order valence-electron chi connectivity index (χ1n) is 6.67. The monoisotopic (exact) mass is 275 g/mol. The van der Waals surface area contributed by atoms with Crippen molar-refractivity contribution >= 4 is 32.7 Å². The third-order valence-corrected chi connectivity index (χ3v) is 4.52. The van der Waals surface area contributed by atoms with Crippen LogP contribution in [-0.2, 0) is 0 Å². The quantitative estimate of drug-likeness (QED) is 0.862. The molecule has 1 fully saturated rings. The second-order valence-electron chi connectivity index (χ2n) is 4.96. The SMILES string of the molecule is C[C@H]1CCCCN1C(=O)Nc1nc2ccccc2s1. The molecule has 1 aliphatic rings. The lowest BCUT2D eigenvalue weighted by atomic mass is 10.0. The minimum absolute atomic E-state index is 0.0220. The molecular formula is C14H17N3OS. The highest BCUT2D eigenvalue weighted by atomic mass is 32.1. The highest BCUT2D eigenvalue weighted by molar-refractivity contribution is 7.22. The minimum atomic E-state index is -0.0220. The lowest BCUT2D eigenvalue weighted by Gasteiger charge is -2.32. The topological polar surface area (TPSA) is 45.2 Å². The Morgan fingerprint density at radius 3 is 3.05 bits per heavy atom. The number of piperidine rings is 1. The first-order chi connectivity index (χ1) is 9.24. The molecule has 1 saturated heterocycles. The zero-order valence-electron chi connectivity index (χ0n) is 10.9. The van der Waals surface area contributed by atoms with Gasteiger partial charge in [-0.15, -0.1) is 0 Å². The fourth-order valence-electron chi connectivity index (χ4n) is 2.49. The van der Waals surface area contributed by atoms with E-state index in [1.807, 2.05) is 29.2 Å². The lowest BCUT2D eigenvalue weighted by Crippen LogP contribution is -2.44. The lowest BCUT2D eigenvalue weighted by molar-refractivity contribution is 0.170. The second kappa shape index (κ2) is 5.17. The molecule has 2 aromatic rings. The van der Waals surface area contributed by atoms with Gasteiger partial charge in [-0.3, -0.25) is 5.32 Å². The Labute approximate surface area is 116 Å². The first kappa shape index (κ1) is 12.4. The minimum Gasteiger partial charge on any atom is -0.322 e. The van der Waals surface area contributed by atoms with E-state index in [-0.39, 0.29) is 6.03 Å². The van der Waals surface area contributed by atoms with E-state index in [4.69, 9.17) is 0 Å². The van der Waals surface area contributed by atoms with Gasteiger partial charge in [0.1, 0.15) is 0 Å². The van der Waals surface area contributed by atoms with Crippen LogP contribution in [0.5, 0.6) is 0 Å². The molecule has 1 aromatic carbocycles. The predicted molar refractivity (Wildman–Crippen MR) is 78.7 cm³/mol. The number of hydrogen-bond donors (Lipinski definition) is 1. The van der Waals surface area contributed by atoms with Crippen LogP contribution in [0.15, 0.2) is 24.3 Å². The van der Waals surface area contributed by atoms with Gasteiger partial charge >= 0.3 is 6.03 Å². The summed E-state index contributed by atoms with van der Waals surface area (Å²) < 4.78 is 1.10. The Kier molecular flexibility index (Phi) is 3.38. The molecule has 0 spiro atoms. The number of nitrogens with one attached hydrogen (secondary N) is 1. The van der Waals surface area contributed by atoms with Crippen molar-refractivity contribution in [2.24, 2.45) is 0 Å². The van der Waals surface area contributed by atoms with Gasteiger partial charge in [-0.2, -0.15) is 0 Å². The van der Waals surface area contributed by atoms with Gasteiger partial charge in [-0.1, -0.05) is 23.5 Å². The summed E-state index contributed by atoms with van der Waals surface area (Å²) in [6.45, 7) is 2.95. The normalized spacial score (nSPS) is 19.6. The standard InChI is InChI=1S/C14H17N3OS/c1-10-6-4-5-9-17(10)14(18)16-13-15-11-7-2-3-8-12(11)19-13/h2-3,7-8,10H,4-6,9H2,1H3,(H,15,16,18)/t10-/m0/s1. The maximum atomic E-state index is 12.2. The largest absolute Gasteiger partial charge is 0.323 e. The number of nitrogens with zero attached hydrogens (tertiary/aromatic N) is 2. The van der Waals surface area contributed by atoms with E-state index in [0.29, 0.717) is 11.2 Å². The van der Waals surface area contributed by atoms with Crippen molar-refractivity contribution in [1.82, 2.24) is 9.88 Å². The molecule has 2 heterocycles. The fourth-order valence-corrected chi connectivity index (χ4v) is 3.34. The summed E-state index contributed by atoms with van der Waals surface area (Å²) in [5.74, 6) is 0. The van der Waals surface area contributed by atoms with E-state index in [2.05, 4.69) is 17.2 Å². The van der Waals surface area contributed by atoms with Crippen LogP contribution in [0.25, 0.3) is 10.2 Å². The van der Waals surface area contributed by atoms with E-state index < -0.39 is 0 Å². The van der Waals surface area contributed by atoms with Crippen molar-refractivity contribution in [3.63, 3.8) is 0 Å². The van der Waals surface area contributed by atoms with Gasteiger partial charge in [0, 0.05) is 12.6 Å². The number of para-hydroxylation sites is 1. The molecular weight excluding hydrogens is 258 g/mol. The van der Waals surface area contributed by atoms with Gasteiger partial charge in [0.05, 0.1) is 10.2 Å². The number of likely N-dealkylation sites (tertiary alicyclic amines) is 1. The number of rotatable bonds is 1. The summed E-state index contributed by atoms with van der Waals surface area (Å²) in [5, 5.41) is 3.61. The average Bonchev–Trinajstić information content (AvgIpc) is 2.81. The van der Waals surface area contributed by atoms with Crippen LogP contribution in [-0.4, -0.2) is 28.5 Å². The highest BCUT2D eigenvalue weighted by Crippen LogP contribution is 2.26. The summed E-state index contributed by atoms with van der Waals surface area (Å²) in [6.07, 6.45) is 3.40. The Morgan fingerprint density at radius 1 is 1.42 bits per heavy atom. The molecule has 19 heavy (non-hydrogen) atoms. The molecule has 0 radical (unpaired) electrons. The molecule has 0 saturated carbocycles. The van der Waals surface area contributed by atoms with Crippen LogP contribution in [0, 0.1) is 0 Å². The number of hydrogen-bond acceptors (Lipinski definition) is 3. The number of carbonyl (C=O) groups excluding carboxylic acids is 1. The zero-order valence-corrected chi connectivity index (χ0v) is 11.7. The molecule has 4 nitrogen and oxygen atoms in total. The molecule has 1 atom stereocenters. The zero-order chi connectivity index (χ0) is 13.2. The van der Waals surface area contributed by atoms with E-state index in [1.165, 1.54) is 17.8 Å². The second-order valence-corrected chi connectivity index (χ2v) is 5.99. The van der Waals surface area contributed by atoms with Crippen molar-refractivity contribution in [2.45, 2.75) is 32.2 Å². The van der Waals surface area contributed by atoms with Gasteiger partial charge in [0.2, 0.25) is 0 Å². The van der Waals surface area contributed by atoms with Gasteiger partial charge in [0.25, 0.3) is 0 Å². The van der Waals surface area contributed by atoms with E-state index >= 15 is 0 Å². The number of fused-ring (bicyclic) bond motifs is 1. The van der Waals surface area contributed by atoms with Crippen LogP contribution in [0.3, 0.4) is 0 Å². The van der Waals surface area contributed by atoms with Gasteiger partial charge in [-0.05, 0) is 38.3 Å². The Morgan fingerprint density at radius 2 is 2.26 bits per heavy atom. The van der Waals surface area contributed by atoms with E-state index in [1.54, 1.807) is 0 Å². The summed E-state index contributed by atoms with van der Waals surface area (Å²) in [6, 6.07) is 8.23. The Hall–Kier alpha value is -1.62. The maximum absolute atomic E-state index is 12.2. The van der Waals surface area contributed by atoms with Crippen LogP contribution >= 0.6 is 11.3 Å². The fraction of sp³-hybridized carbons (Fsp3) is 0.429. The number of aromatic nitrogens is 1. The van der Waals surface area contributed by atoms with Crippen molar-refractivity contribution in [3.05, 3.63) is 24.3 Å². The first-order valence-corrected chi connectivity index (χ1v) is 7.49. The van der Waals surface area contributed by atoms with Gasteiger partial charge < -0.3 is 4.90 Å². The van der Waals surface area contributed by atoms with Crippen LogP contribution in [0.4, 0.5) is 9.93 Å². The summed E-state index contributed by atoms with van der Waals surface area (Å²) in [4.78, 5) is 18.6. The summed E-state index contributed by atoms with van der Waals surface area (Å²) >= 11 is 1.52. The molecule has 0 unspecified atom stereocenters. The molecule has 5 heteroatoms. The number of carbonyl (C=O) groups is 1. The smallest absolute Gasteiger partial charge is 0.322 e. The summed E-state index contributed by atoms with van der Waals surface area (Å²) in [5.41, 5.74) is 0.939. The third-order valence-electron chi connectivity index (χ3n) is 3.57.